The number of nitrogens with zero attached hydrogens (tertiary/aromatic N) is 2. The molecule has 0 aliphatic heterocycles. The van der Waals surface area contributed by atoms with E-state index in [2.05, 4.69) is 10.2 Å². The molecule has 1 heterocycles. The van der Waals surface area contributed by atoms with Crippen LogP contribution >= 0.6 is 11.6 Å². The van der Waals surface area contributed by atoms with Gasteiger partial charge in [-0.05, 0) is 25.1 Å². The Bertz CT molecular complexity index is 715. The average Bonchev–Trinajstić information content (AvgIpc) is 2.97. The van der Waals surface area contributed by atoms with Crippen LogP contribution in [0.1, 0.15) is 25.7 Å². The van der Waals surface area contributed by atoms with Crippen LogP contribution in [0.5, 0.6) is 0 Å². The molecule has 1 aromatic heterocycles. The Labute approximate surface area is 137 Å². The highest BCUT2D eigenvalue weighted by atomic mass is 35.5. The van der Waals surface area contributed by atoms with Crippen LogP contribution < -0.4 is 0 Å². The molecule has 0 spiro atoms. The smallest absolute Gasteiger partial charge is 0.321 e. The lowest BCUT2D eigenvalue weighted by molar-refractivity contribution is -0.159. The summed E-state index contributed by atoms with van der Waals surface area (Å²) < 4.78 is 10.3. The molecule has 0 bridgehead atoms. The van der Waals surface area contributed by atoms with Gasteiger partial charge in [0.1, 0.15) is 0 Å². The molecule has 122 valence electrons. The van der Waals surface area contributed by atoms with E-state index < -0.39 is 23.8 Å². The van der Waals surface area contributed by atoms with E-state index in [1.165, 1.54) is 6.92 Å². The van der Waals surface area contributed by atoms with E-state index in [9.17, 15) is 14.7 Å². The number of hydrogen-bond donors (Lipinski definition) is 1. The van der Waals surface area contributed by atoms with Crippen LogP contribution in [0, 0.1) is 5.92 Å². The standard InChI is InChI=1S/C15H15ClN2O5/c1-3-22-15(21)11(14(19)20)8(2)12-17-18-13(23-12)9-5-4-6-10(16)7-9/h4-8,11H,3H2,1-2H3,(H,19,20). The van der Waals surface area contributed by atoms with Crippen LogP contribution in [0.3, 0.4) is 0 Å². The van der Waals surface area contributed by atoms with E-state index in [-0.39, 0.29) is 18.4 Å². The Balaban J connectivity index is 2.27. The van der Waals surface area contributed by atoms with Gasteiger partial charge in [0.2, 0.25) is 11.8 Å². The highest BCUT2D eigenvalue weighted by Crippen LogP contribution is 2.28. The predicted molar refractivity (Wildman–Crippen MR) is 80.9 cm³/mol. The summed E-state index contributed by atoms with van der Waals surface area (Å²) in [6.07, 6.45) is 0. The number of carbonyl (C=O) groups is 2. The topological polar surface area (TPSA) is 103 Å². The molecule has 23 heavy (non-hydrogen) atoms. The first-order chi connectivity index (χ1) is 10.9. The maximum Gasteiger partial charge on any atom is 0.321 e. The van der Waals surface area contributed by atoms with Gasteiger partial charge in [-0.2, -0.15) is 0 Å². The molecule has 0 amide bonds. The molecule has 0 saturated heterocycles. The average molecular weight is 339 g/mol. The van der Waals surface area contributed by atoms with E-state index in [1.54, 1.807) is 31.2 Å². The van der Waals surface area contributed by atoms with Gasteiger partial charge in [0.05, 0.1) is 12.5 Å². The number of carboxylic acid groups (broad SMARTS) is 1. The van der Waals surface area contributed by atoms with E-state index in [1.807, 2.05) is 0 Å². The third-order valence-electron chi connectivity index (χ3n) is 3.21. The molecule has 1 N–H and O–H groups in total. The first kappa shape index (κ1) is 17.0. The minimum atomic E-state index is -1.41. The summed E-state index contributed by atoms with van der Waals surface area (Å²) in [5, 5.41) is 17.5. The molecule has 2 atom stereocenters. The summed E-state index contributed by atoms with van der Waals surface area (Å²) in [5.74, 6) is -4.15. The first-order valence-corrected chi connectivity index (χ1v) is 7.30. The van der Waals surface area contributed by atoms with Gasteiger partial charge in [0.25, 0.3) is 0 Å². The molecule has 2 aromatic rings. The Morgan fingerprint density at radius 3 is 2.74 bits per heavy atom. The van der Waals surface area contributed by atoms with Crippen molar-refractivity contribution in [1.82, 2.24) is 10.2 Å². The Kier molecular flexibility index (Phi) is 5.33. The van der Waals surface area contributed by atoms with Gasteiger partial charge < -0.3 is 14.3 Å². The quantitative estimate of drug-likeness (QED) is 0.638. The molecule has 0 radical (unpaired) electrons. The molecule has 0 aliphatic rings. The molecule has 0 aliphatic carbocycles. The summed E-state index contributed by atoms with van der Waals surface area (Å²) in [4.78, 5) is 23.2. The normalized spacial score (nSPS) is 13.3. The fourth-order valence-electron chi connectivity index (χ4n) is 2.05. The molecule has 0 fully saturated rings. The fraction of sp³-hybridized carbons (Fsp3) is 0.333. The molecule has 0 saturated carbocycles. The number of aliphatic carboxylic acids is 1. The van der Waals surface area contributed by atoms with Crippen molar-refractivity contribution < 1.29 is 23.8 Å². The van der Waals surface area contributed by atoms with Crippen LogP contribution in [0.2, 0.25) is 5.02 Å². The van der Waals surface area contributed by atoms with Crippen LogP contribution in [-0.2, 0) is 14.3 Å². The van der Waals surface area contributed by atoms with E-state index >= 15 is 0 Å². The van der Waals surface area contributed by atoms with Crippen molar-refractivity contribution in [2.75, 3.05) is 6.61 Å². The van der Waals surface area contributed by atoms with Gasteiger partial charge >= 0.3 is 11.9 Å². The maximum atomic E-state index is 11.8. The monoisotopic (exact) mass is 338 g/mol. The molecular formula is C15H15ClN2O5. The van der Waals surface area contributed by atoms with E-state index in [0.717, 1.165) is 0 Å². The molecule has 2 unspecified atom stereocenters. The van der Waals surface area contributed by atoms with Crippen LogP contribution in [-0.4, -0.2) is 33.8 Å². The number of rotatable bonds is 6. The van der Waals surface area contributed by atoms with Gasteiger partial charge in [-0.15, -0.1) is 10.2 Å². The second-order valence-electron chi connectivity index (χ2n) is 4.81. The van der Waals surface area contributed by atoms with E-state index in [0.29, 0.717) is 10.6 Å². The van der Waals surface area contributed by atoms with Gasteiger partial charge in [-0.25, -0.2) is 0 Å². The fourth-order valence-corrected chi connectivity index (χ4v) is 2.24. The zero-order valence-corrected chi connectivity index (χ0v) is 13.3. The lowest BCUT2D eigenvalue weighted by atomic mass is 9.94. The summed E-state index contributed by atoms with van der Waals surface area (Å²) in [5.41, 5.74) is 0.603. The van der Waals surface area contributed by atoms with Gasteiger partial charge in [-0.3, -0.25) is 9.59 Å². The Morgan fingerprint density at radius 1 is 1.39 bits per heavy atom. The summed E-state index contributed by atoms with van der Waals surface area (Å²) >= 11 is 5.90. The predicted octanol–water partition coefficient (Wildman–Crippen LogP) is 2.76. The van der Waals surface area contributed by atoms with Crippen LogP contribution in [0.25, 0.3) is 11.5 Å². The largest absolute Gasteiger partial charge is 0.481 e. The molecule has 2 rings (SSSR count). The van der Waals surface area contributed by atoms with Gasteiger partial charge in [-0.1, -0.05) is 24.6 Å². The number of aromatic nitrogens is 2. The van der Waals surface area contributed by atoms with Crippen molar-refractivity contribution in [2.24, 2.45) is 5.92 Å². The van der Waals surface area contributed by atoms with Crippen molar-refractivity contribution in [1.29, 1.82) is 0 Å². The molecule has 8 heteroatoms. The van der Waals surface area contributed by atoms with Crippen molar-refractivity contribution in [3.05, 3.63) is 35.2 Å². The molecule has 7 nitrogen and oxygen atoms in total. The van der Waals surface area contributed by atoms with Gasteiger partial charge in [0, 0.05) is 10.6 Å². The second-order valence-corrected chi connectivity index (χ2v) is 5.25. The highest BCUT2D eigenvalue weighted by Gasteiger charge is 2.37. The number of halogens is 1. The third-order valence-corrected chi connectivity index (χ3v) is 3.44. The number of benzene rings is 1. The lowest BCUT2D eigenvalue weighted by Gasteiger charge is -2.15. The minimum absolute atomic E-state index is 0.0421. The number of carbonyl (C=O) groups excluding carboxylic acids is 1. The van der Waals surface area contributed by atoms with Crippen LogP contribution in [0.4, 0.5) is 0 Å². The van der Waals surface area contributed by atoms with E-state index in [4.69, 9.17) is 20.8 Å². The van der Waals surface area contributed by atoms with Crippen molar-refractivity contribution >= 4 is 23.5 Å². The van der Waals surface area contributed by atoms with Crippen molar-refractivity contribution in [2.45, 2.75) is 19.8 Å². The summed E-state index contributed by atoms with van der Waals surface area (Å²) in [6, 6.07) is 6.80. The molecular weight excluding hydrogens is 324 g/mol. The van der Waals surface area contributed by atoms with Crippen molar-refractivity contribution in [3.63, 3.8) is 0 Å². The first-order valence-electron chi connectivity index (χ1n) is 6.92. The number of esters is 1. The zero-order chi connectivity index (χ0) is 17.0. The van der Waals surface area contributed by atoms with Crippen molar-refractivity contribution in [3.8, 4) is 11.5 Å². The lowest BCUT2D eigenvalue weighted by Crippen LogP contribution is -2.30. The number of ether oxygens (including phenoxy) is 1. The van der Waals surface area contributed by atoms with Crippen LogP contribution in [0.15, 0.2) is 28.7 Å². The summed E-state index contributed by atoms with van der Waals surface area (Å²) in [7, 11) is 0. The molecule has 1 aromatic carbocycles. The zero-order valence-electron chi connectivity index (χ0n) is 12.5. The number of carboxylic acids is 1. The maximum absolute atomic E-state index is 11.8. The Morgan fingerprint density at radius 2 is 2.13 bits per heavy atom. The SMILES string of the molecule is CCOC(=O)C(C(=O)O)C(C)c1nnc(-c2cccc(Cl)c2)o1. The van der Waals surface area contributed by atoms with Gasteiger partial charge in [0.15, 0.2) is 5.92 Å². The Hall–Kier alpha value is -2.41. The second kappa shape index (κ2) is 7.23. The highest BCUT2D eigenvalue weighted by molar-refractivity contribution is 6.30. The minimum Gasteiger partial charge on any atom is -0.481 e. The number of hydrogen-bond acceptors (Lipinski definition) is 6. The third kappa shape index (κ3) is 3.87. The summed E-state index contributed by atoms with van der Waals surface area (Å²) in [6.45, 7) is 3.21.